The standard InChI is InChI=1S/C13H8N2O5/c16-13(17)10-6-12-9(14-10)5-11(20-12)7-1-3-8(4-2-7)15(18)19/h1-6,14H,(H,16,17). The fourth-order valence-electron chi connectivity index (χ4n) is 1.93. The van der Waals surface area contributed by atoms with Gasteiger partial charge >= 0.3 is 5.97 Å². The fraction of sp³-hybridized carbons (Fsp3) is 0. The van der Waals surface area contributed by atoms with E-state index in [0.717, 1.165) is 0 Å². The first-order valence-electron chi connectivity index (χ1n) is 5.65. The minimum Gasteiger partial charge on any atom is -0.477 e. The molecule has 0 radical (unpaired) electrons. The Kier molecular flexibility index (Phi) is 2.53. The fourth-order valence-corrected chi connectivity index (χ4v) is 1.93. The molecule has 0 spiro atoms. The van der Waals surface area contributed by atoms with Crippen LogP contribution < -0.4 is 0 Å². The third kappa shape index (κ3) is 1.91. The average Bonchev–Trinajstić information content (AvgIpc) is 2.96. The molecule has 3 rings (SSSR count). The summed E-state index contributed by atoms with van der Waals surface area (Å²) in [5.41, 5.74) is 1.72. The summed E-state index contributed by atoms with van der Waals surface area (Å²) in [7, 11) is 0. The molecule has 100 valence electrons. The van der Waals surface area contributed by atoms with Crippen LogP contribution in [0, 0.1) is 10.1 Å². The summed E-state index contributed by atoms with van der Waals surface area (Å²) in [5, 5.41) is 19.4. The van der Waals surface area contributed by atoms with Gasteiger partial charge in [-0.3, -0.25) is 10.1 Å². The highest BCUT2D eigenvalue weighted by molar-refractivity contribution is 5.93. The van der Waals surface area contributed by atoms with E-state index in [1.165, 1.54) is 18.2 Å². The molecule has 20 heavy (non-hydrogen) atoms. The number of aromatic amines is 1. The number of furan rings is 1. The lowest BCUT2D eigenvalue weighted by atomic mass is 10.1. The number of non-ortho nitro benzene ring substituents is 1. The summed E-state index contributed by atoms with van der Waals surface area (Å²) in [5.74, 6) is -0.550. The van der Waals surface area contributed by atoms with Crippen molar-refractivity contribution in [1.82, 2.24) is 4.98 Å². The first kappa shape index (κ1) is 12.0. The van der Waals surface area contributed by atoms with Gasteiger partial charge < -0.3 is 14.5 Å². The Bertz CT molecular complexity index is 782. The van der Waals surface area contributed by atoms with Crippen LogP contribution >= 0.6 is 0 Å². The quantitative estimate of drug-likeness (QED) is 0.562. The number of carboxylic acid groups (broad SMARTS) is 1. The molecule has 2 aromatic heterocycles. The van der Waals surface area contributed by atoms with Gasteiger partial charge in [0.05, 0.1) is 10.4 Å². The first-order valence-corrected chi connectivity index (χ1v) is 5.65. The Labute approximate surface area is 111 Å². The number of aromatic carboxylic acids is 1. The molecule has 0 aliphatic heterocycles. The van der Waals surface area contributed by atoms with Crippen molar-refractivity contribution < 1.29 is 19.2 Å². The number of rotatable bonds is 3. The lowest BCUT2D eigenvalue weighted by Gasteiger charge is -1.96. The zero-order valence-corrected chi connectivity index (χ0v) is 9.99. The minimum absolute atomic E-state index is 0.000897. The summed E-state index contributed by atoms with van der Waals surface area (Å²) < 4.78 is 5.52. The molecular weight excluding hydrogens is 264 g/mol. The smallest absolute Gasteiger partial charge is 0.352 e. The highest BCUT2D eigenvalue weighted by Gasteiger charge is 2.13. The molecule has 1 aromatic carbocycles. The van der Waals surface area contributed by atoms with Crippen molar-refractivity contribution in [3.05, 3.63) is 52.2 Å². The number of fused-ring (bicyclic) bond motifs is 1. The second kappa shape index (κ2) is 4.23. The van der Waals surface area contributed by atoms with Crippen LogP contribution in [0.3, 0.4) is 0 Å². The summed E-state index contributed by atoms with van der Waals surface area (Å²) in [6.45, 7) is 0. The molecule has 0 saturated carbocycles. The summed E-state index contributed by atoms with van der Waals surface area (Å²) in [6.07, 6.45) is 0. The van der Waals surface area contributed by atoms with Gasteiger partial charge in [0.2, 0.25) is 0 Å². The van der Waals surface area contributed by atoms with Crippen LogP contribution in [-0.4, -0.2) is 21.0 Å². The Morgan fingerprint density at radius 3 is 2.50 bits per heavy atom. The van der Waals surface area contributed by atoms with E-state index >= 15 is 0 Å². The third-order valence-corrected chi connectivity index (χ3v) is 2.90. The van der Waals surface area contributed by atoms with Crippen molar-refractivity contribution >= 4 is 22.8 Å². The van der Waals surface area contributed by atoms with Gasteiger partial charge in [-0.2, -0.15) is 0 Å². The van der Waals surface area contributed by atoms with E-state index in [-0.39, 0.29) is 11.4 Å². The predicted octanol–water partition coefficient (Wildman–Crippen LogP) is 3.03. The van der Waals surface area contributed by atoms with E-state index in [9.17, 15) is 14.9 Å². The number of benzene rings is 1. The van der Waals surface area contributed by atoms with E-state index in [2.05, 4.69) is 4.98 Å². The predicted molar refractivity (Wildman–Crippen MR) is 69.6 cm³/mol. The molecule has 0 fully saturated rings. The summed E-state index contributed by atoms with van der Waals surface area (Å²) >= 11 is 0. The highest BCUT2D eigenvalue weighted by atomic mass is 16.6. The molecule has 0 amide bonds. The third-order valence-electron chi connectivity index (χ3n) is 2.90. The van der Waals surface area contributed by atoms with Gasteiger partial charge in [-0.05, 0) is 12.1 Å². The Morgan fingerprint density at radius 1 is 1.25 bits per heavy atom. The topological polar surface area (TPSA) is 109 Å². The molecule has 7 nitrogen and oxygen atoms in total. The molecule has 3 aromatic rings. The van der Waals surface area contributed by atoms with Gasteiger partial charge in [0, 0.05) is 29.8 Å². The molecule has 0 aliphatic rings. The van der Waals surface area contributed by atoms with Crippen molar-refractivity contribution in [2.75, 3.05) is 0 Å². The van der Waals surface area contributed by atoms with Crippen LogP contribution in [0.4, 0.5) is 5.69 Å². The van der Waals surface area contributed by atoms with Crippen molar-refractivity contribution in [2.45, 2.75) is 0 Å². The van der Waals surface area contributed by atoms with Crippen LogP contribution in [0.1, 0.15) is 10.5 Å². The molecule has 0 saturated heterocycles. The maximum atomic E-state index is 10.8. The minimum atomic E-state index is -1.06. The number of nitro groups is 1. The van der Waals surface area contributed by atoms with Crippen LogP contribution in [0.5, 0.6) is 0 Å². The van der Waals surface area contributed by atoms with Crippen molar-refractivity contribution in [1.29, 1.82) is 0 Å². The zero-order chi connectivity index (χ0) is 14.3. The lowest BCUT2D eigenvalue weighted by molar-refractivity contribution is -0.384. The highest BCUT2D eigenvalue weighted by Crippen LogP contribution is 2.29. The number of nitro benzene ring substituents is 1. The number of carbonyl (C=O) groups is 1. The van der Waals surface area contributed by atoms with Crippen LogP contribution in [-0.2, 0) is 0 Å². The van der Waals surface area contributed by atoms with Gasteiger partial charge in [-0.25, -0.2) is 4.79 Å². The molecular formula is C13H8N2O5. The van der Waals surface area contributed by atoms with Crippen LogP contribution in [0.25, 0.3) is 22.4 Å². The first-order chi connectivity index (χ1) is 9.54. The van der Waals surface area contributed by atoms with Crippen molar-refractivity contribution in [3.8, 4) is 11.3 Å². The average molecular weight is 272 g/mol. The maximum absolute atomic E-state index is 10.8. The molecule has 0 atom stereocenters. The van der Waals surface area contributed by atoms with E-state index in [4.69, 9.17) is 9.52 Å². The second-order valence-electron chi connectivity index (χ2n) is 4.18. The zero-order valence-electron chi connectivity index (χ0n) is 9.99. The van der Waals surface area contributed by atoms with E-state index in [0.29, 0.717) is 22.4 Å². The number of hydrogen-bond donors (Lipinski definition) is 2. The maximum Gasteiger partial charge on any atom is 0.352 e. The Morgan fingerprint density at radius 2 is 1.95 bits per heavy atom. The van der Waals surface area contributed by atoms with Gasteiger partial charge in [-0.1, -0.05) is 0 Å². The van der Waals surface area contributed by atoms with Crippen molar-refractivity contribution in [2.24, 2.45) is 0 Å². The monoisotopic (exact) mass is 272 g/mol. The van der Waals surface area contributed by atoms with Gasteiger partial charge in [0.25, 0.3) is 5.69 Å². The molecule has 7 heteroatoms. The van der Waals surface area contributed by atoms with E-state index in [1.54, 1.807) is 18.2 Å². The van der Waals surface area contributed by atoms with Gasteiger partial charge in [0.1, 0.15) is 11.5 Å². The summed E-state index contributed by atoms with van der Waals surface area (Å²) in [6, 6.07) is 8.97. The molecule has 2 N–H and O–H groups in total. The number of hydrogen-bond acceptors (Lipinski definition) is 4. The summed E-state index contributed by atoms with van der Waals surface area (Å²) in [4.78, 5) is 23.6. The normalized spacial score (nSPS) is 10.8. The molecule has 0 bridgehead atoms. The molecule has 0 aliphatic carbocycles. The Balaban J connectivity index is 1.99. The number of H-pyrrole nitrogens is 1. The number of nitrogens with zero attached hydrogens (tertiary/aromatic N) is 1. The number of nitrogens with one attached hydrogen (secondary N) is 1. The van der Waals surface area contributed by atoms with Gasteiger partial charge in [0.15, 0.2) is 5.58 Å². The lowest BCUT2D eigenvalue weighted by Crippen LogP contribution is -1.94. The molecule has 2 heterocycles. The van der Waals surface area contributed by atoms with Crippen LogP contribution in [0.2, 0.25) is 0 Å². The second-order valence-corrected chi connectivity index (χ2v) is 4.18. The number of carboxylic acids is 1. The largest absolute Gasteiger partial charge is 0.477 e. The van der Waals surface area contributed by atoms with E-state index in [1.807, 2.05) is 0 Å². The SMILES string of the molecule is O=C(O)c1cc2oc(-c3ccc([N+](=O)[O-])cc3)cc2[nH]1. The van der Waals surface area contributed by atoms with Gasteiger partial charge in [-0.15, -0.1) is 0 Å². The van der Waals surface area contributed by atoms with Crippen LogP contribution in [0.15, 0.2) is 40.8 Å². The van der Waals surface area contributed by atoms with Crippen molar-refractivity contribution in [3.63, 3.8) is 0 Å². The molecule has 0 unspecified atom stereocenters. The van der Waals surface area contributed by atoms with E-state index < -0.39 is 10.9 Å². The number of aromatic nitrogens is 1. The Hall–Kier alpha value is -3.09.